The molecule has 0 saturated heterocycles. The smallest absolute Gasteiger partial charge is 0.204 e. The van der Waals surface area contributed by atoms with Gasteiger partial charge in [0.2, 0.25) is 10.3 Å². The van der Waals surface area contributed by atoms with Gasteiger partial charge in [0.15, 0.2) is 0 Å². The molecule has 6 rings (SSSR count). The third-order valence-electron chi connectivity index (χ3n) is 5.19. The van der Waals surface area contributed by atoms with Crippen molar-refractivity contribution in [2.75, 3.05) is 10.9 Å². The molecule has 0 fully saturated rings. The summed E-state index contributed by atoms with van der Waals surface area (Å²) in [5.41, 5.74) is 8.98. The van der Waals surface area contributed by atoms with Gasteiger partial charge < -0.3 is 10.2 Å². The van der Waals surface area contributed by atoms with E-state index < -0.39 is 0 Å². The Bertz CT molecular complexity index is 1540. The summed E-state index contributed by atoms with van der Waals surface area (Å²) in [6, 6.07) is 29.9. The van der Waals surface area contributed by atoms with Gasteiger partial charge >= 0.3 is 0 Å². The number of hydrogen-bond acceptors (Lipinski definition) is 10. The molecule has 0 atom stereocenters. The van der Waals surface area contributed by atoms with Crippen LogP contribution in [0, 0.1) is 0 Å². The van der Waals surface area contributed by atoms with E-state index in [0.717, 1.165) is 30.7 Å². The maximum atomic E-state index is 9.59. The van der Waals surface area contributed by atoms with Crippen molar-refractivity contribution >= 4 is 65.8 Å². The number of phenols is 2. The molecule has 0 bridgehead atoms. The van der Waals surface area contributed by atoms with Crippen molar-refractivity contribution in [3.63, 3.8) is 0 Å². The number of hydrazone groups is 2. The van der Waals surface area contributed by atoms with Gasteiger partial charge in [0.1, 0.15) is 11.5 Å². The van der Waals surface area contributed by atoms with Crippen LogP contribution >= 0.6 is 22.7 Å². The summed E-state index contributed by atoms with van der Waals surface area (Å²) < 4.78 is 2.23. The summed E-state index contributed by atoms with van der Waals surface area (Å²) in [6.07, 6.45) is 3.14. The molecule has 2 heterocycles. The fourth-order valence-electron chi connectivity index (χ4n) is 3.35. The van der Waals surface area contributed by atoms with Crippen molar-refractivity contribution in [2.24, 2.45) is 10.2 Å². The molecule has 0 aliphatic carbocycles. The standard InChI is InChI=1S/2C14H11N3OS.Fe/c2*18-12-7-3-1-5-10(12)9-15-17-14-16-11-6-2-4-8-13(11)19-14;/h2*1-9,18H,(H,16,17);/b2*15-9+;. The Kier molecular flexibility index (Phi) is 9.60. The van der Waals surface area contributed by atoms with Crippen molar-refractivity contribution in [3.8, 4) is 11.5 Å². The average molecular weight is 595 g/mol. The Hall–Kier alpha value is -4.28. The van der Waals surface area contributed by atoms with Crippen LogP contribution in [0.1, 0.15) is 11.1 Å². The van der Waals surface area contributed by atoms with Gasteiger partial charge in [0.25, 0.3) is 0 Å². The predicted molar refractivity (Wildman–Crippen MR) is 158 cm³/mol. The Balaban J connectivity index is 0.000000176. The van der Waals surface area contributed by atoms with E-state index in [1.165, 1.54) is 22.7 Å². The molecule has 0 amide bonds. The maximum Gasteiger partial charge on any atom is 0.204 e. The monoisotopic (exact) mass is 594 g/mol. The van der Waals surface area contributed by atoms with E-state index in [-0.39, 0.29) is 28.6 Å². The molecule has 0 radical (unpaired) electrons. The largest absolute Gasteiger partial charge is 0.507 e. The zero-order valence-corrected chi connectivity index (χ0v) is 23.0. The minimum absolute atomic E-state index is 0. The van der Waals surface area contributed by atoms with Crippen LogP contribution in [0.2, 0.25) is 0 Å². The van der Waals surface area contributed by atoms with E-state index in [0.29, 0.717) is 11.1 Å². The average Bonchev–Trinajstić information content (AvgIpc) is 3.55. The molecule has 0 aliphatic heterocycles. The Morgan fingerprint density at radius 3 is 1.36 bits per heavy atom. The number of para-hydroxylation sites is 4. The third-order valence-corrected chi connectivity index (χ3v) is 7.07. The first-order chi connectivity index (χ1) is 18.7. The van der Waals surface area contributed by atoms with Gasteiger partial charge in [-0.2, -0.15) is 10.2 Å². The molecule has 6 aromatic rings. The molecule has 0 unspecified atom stereocenters. The van der Waals surface area contributed by atoms with Crippen LogP contribution in [0.25, 0.3) is 20.4 Å². The molecule has 2 aromatic heterocycles. The Labute approximate surface area is 242 Å². The number of thiazole rings is 2. The number of nitrogens with zero attached hydrogens (tertiary/aromatic N) is 4. The zero-order chi connectivity index (χ0) is 26.2. The zero-order valence-electron chi connectivity index (χ0n) is 20.2. The van der Waals surface area contributed by atoms with Crippen molar-refractivity contribution in [1.29, 1.82) is 0 Å². The molecular weight excluding hydrogens is 572 g/mol. The minimum Gasteiger partial charge on any atom is -0.507 e. The molecule has 0 spiro atoms. The number of fused-ring (bicyclic) bond motifs is 2. The van der Waals surface area contributed by atoms with Crippen LogP contribution in [0.5, 0.6) is 11.5 Å². The van der Waals surface area contributed by atoms with E-state index in [4.69, 9.17) is 0 Å². The molecule has 196 valence electrons. The molecule has 11 heteroatoms. The van der Waals surface area contributed by atoms with Gasteiger partial charge in [-0.05, 0) is 48.5 Å². The van der Waals surface area contributed by atoms with Crippen LogP contribution in [-0.2, 0) is 17.1 Å². The van der Waals surface area contributed by atoms with Gasteiger partial charge in [-0.1, -0.05) is 71.2 Å². The third kappa shape index (κ3) is 7.40. The fourth-order valence-corrected chi connectivity index (χ4v) is 4.98. The van der Waals surface area contributed by atoms with Crippen LogP contribution in [0.4, 0.5) is 10.3 Å². The van der Waals surface area contributed by atoms with Gasteiger partial charge in [-0.25, -0.2) is 9.97 Å². The quantitative estimate of drug-likeness (QED) is 0.0949. The summed E-state index contributed by atoms with van der Waals surface area (Å²) in [4.78, 5) is 8.79. The number of benzene rings is 4. The summed E-state index contributed by atoms with van der Waals surface area (Å²) in [6.45, 7) is 0. The minimum atomic E-state index is 0. The number of rotatable bonds is 6. The second-order valence-electron chi connectivity index (χ2n) is 7.83. The second-order valence-corrected chi connectivity index (χ2v) is 9.89. The van der Waals surface area contributed by atoms with Gasteiger partial charge in [0.05, 0.1) is 32.9 Å². The first-order valence-electron chi connectivity index (χ1n) is 11.5. The number of hydrogen-bond donors (Lipinski definition) is 4. The van der Waals surface area contributed by atoms with Gasteiger partial charge in [0, 0.05) is 28.2 Å². The molecule has 0 saturated carbocycles. The van der Waals surface area contributed by atoms with Crippen LogP contribution in [0.3, 0.4) is 0 Å². The fraction of sp³-hybridized carbons (Fsp3) is 0. The first-order valence-corrected chi connectivity index (χ1v) is 13.1. The molecule has 4 aromatic carbocycles. The molecule has 0 aliphatic rings. The van der Waals surface area contributed by atoms with E-state index in [2.05, 4.69) is 31.0 Å². The van der Waals surface area contributed by atoms with Crippen molar-refractivity contribution in [2.45, 2.75) is 0 Å². The number of phenolic OH excluding ortho intramolecular Hbond substituents is 2. The SMILES string of the molecule is Oc1ccccc1/C=N/Nc1nc2ccccc2s1.Oc1ccccc1/C=N/Nc1nc2ccccc2s1.[Fe]. The second kappa shape index (κ2) is 13.5. The van der Waals surface area contributed by atoms with Crippen LogP contribution < -0.4 is 10.9 Å². The van der Waals surface area contributed by atoms with E-state index in [1.54, 1.807) is 48.8 Å². The van der Waals surface area contributed by atoms with E-state index >= 15 is 0 Å². The van der Waals surface area contributed by atoms with E-state index in [9.17, 15) is 10.2 Å². The molecular formula is C28H22FeN6O2S2. The Morgan fingerprint density at radius 1 is 0.564 bits per heavy atom. The first kappa shape index (κ1) is 27.7. The maximum absolute atomic E-state index is 9.59. The normalized spacial score (nSPS) is 10.9. The summed E-state index contributed by atoms with van der Waals surface area (Å²) in [5, 5.41) is 28.8. The number of aromatic hydroxyl groups is 2. The molecule has 8 nitrogen and oxygen atoms in total. The van der Waals surface area contributed by atoms with Crippen molar-refractivity contribution in [3.05, 3.63) is 108 Å². The van der Waals surface area contributed by atoms with Gasteiger partial charge in [-0.3, -0.25) is 10.9 Å². The summed E-state index contributed by atoms with van der Waals surface area (Å²) in [7, 11) is 0. The predicted octanol–water partition coefficient (Wildman–Crippen LogP) is 6.89. The van der Waals surface area contributed by atoms with Crippen LogP contribution in [-0.4, -0.2) is 32.6 Å². The summed E-state index contributed by atoms with van der Waals surface area (Å²) in [5.74, 6) is 0.412. The molecule has 4 N–H and O–H groups in total. The Morgan fingerprint density at radius 2 is 0.949 bits per heavy atom. The summed E-state index contributed by atoms with van der Waals surface area (Å²) >= 11 is 3.08. The van der Waals surface area contributed by atoms with Crippen LogP contribution in [0.15, 0.2) is 107 Å². The van der Waals surface area contributed by atoms with E-state index in [1.807, 2.05) is 60.7 Å². The van der Waals surface area contributed by atoms with Crippen molar-refractivity contribution in [1.82, 2.24) is 9.97 Å². The number of anilines is 2. The topological polar surface area (TPSA) is 115 Å². The van der Waals surface area contributed by atoms with Crippen molar-refractivity contribution < 1.29 is 27.3 Å². The molecule has 39 heavy (non-hydrogen) atoms. The van der Waals surface area contributed by atoms with Gasteiger partial charge in [-0.15, -0.1) is 0 Å². The number of aromatic nitrogens is 2. The number of nitrogens with one attached hydrogen (secondary N) is 2.